The monoisotopic (exact) mass is 201 g/mol. The Morgan fingerprint density at radius 3 is 2.57 bits per heavy atom. The van der Waals surface area contributed by atoms with E-state index in [0.717, 1.165) is 51.9 Å². The molecule has 0 aromatic rings. The highest BCUT2D eigenvalue weighted by Gasteiger charge is 2.12. The van der Waals surface area contributed by atoms with Gasteiger partial charge in [0, 0.05) is 26.4 Å². The van der Waals surface area contributed by atoms with Crippen molar-refractivity contribution in [3.05, 3.63) is 0 Å². The van der Waals surface area contributed by atoms with Crippen LogP contribution in [0.2, 0.25) is 0 Å². The maximum Gasteiger partial charge on any atom is 0.0495 e. The molecule has 0 aromatic carbocycles. The number of piperidine rings is 1. The lowest BCUT2D eigenvalue weighted by atomic mass is 9.99. The summed E-state index contributed by atoms with van der Waals surface area (Å²) >= 11 is 0. The third-order valence-electron chi connectivity index (χ3n) is 2.59. The van der Waals surface area contributed by atoms with E-state index in [2.05, 4.69) is 5.32 Å². The molecule has 0 unspecified atom stereocenters. The molecule has 0 spiro atoms. The van der Waals surface area contributed by atoms with Gasteiger partial charge in [0.2, 0.25) is 0 Å². The third-order valence-corrected chi connectivity index (χ3v) is 2.59. The molecule has 84 valence electrons. The highest BCUT2D eigenvalue weighted by molar-refractivity contribution is 4.67. The quantitative estimate of drug-likeness (QED) is 0.632. The van der Waals surface area contributed by atoms with Crippen molar-refractivity contribution in [2.75, 3.05) is 39.5 Å². The first-order chi connectivity index (χ1) is 6.93. The maximum atomic E-state index is 5.61. The number of rotatable bonds is 7. The normalized spacial score (nSPS) is 18.6. The Kier molecular flexibility index (Phi) is 7.01. The molecule has 0 radical (unpaired) electrons. The molecule has 0 amide bonds. The smallest absolute Gasteiger partial charge is 0.0495 e. The summed E-state index contributed by atoms with van der Waals surface area (Å²) in [7, 11) is 0. The lowest BCUT2D eigenvalue weighted by Gasteiger charge is -2.22. The molecule has 1 aliphatic heterocycles. The molecule has 3 heteroatoms. The maximum absolute atomic E-state index is 5.61. The zero-order valence-electron chi connectivity index (χ0n) is 9.26. The van der Waals surface area contributed by atoms with Gasteiger partial charge in [0.25, 0.3) is 0 Å². The molecule has 1 rings (SSSR count). The lowest BCUT2D eigenvalue weighted by molar-refractivity contribution is 0.0626. The van der Waals surface area contributed by atoms with Crippen LogP contribution in [0.5, 0.6) is 0 Å². The Hall–Kier alpha value is -0.120. The second-order valence-electron chi connectivity index (χ2n) is 3.82. The summed E-state index contributed by atoms with van der Waals surface area (Å²) in [5.41, 5.74) is 0. The van der Waals surface area contributed by atoms with E-state index in [1.165, 1.54) is 12.8 Å². The molecule has 0 aromatic heterocycles. The predicted molar refractivity (Wildman–Crippen MR) is 57.5 cm³/mol. The first-order valence-electron chi connectivity index (χ1n) is 5.79. The van der Waals surface area contributed by atoms with Gasteiger partial charge >= 0.3 is 0 Å². The van der Waals surface area contributed by atoms with Crippen LogP contribution < -0.4 is 5.32 Å². The molecule has 1 heterocycles. The van der Waals surface area contributed by atoms with E-state index in [-0.39, 0.29) is 0 Å². The van der Waals surface area contributed by atoms with Crippen LogP contribution in [0.3, 0.4) is 0 Å². The number of hydrogen-bond acceptors (Lipinski definition) is 3. The third kappa shape index (κ3) is 5.58. The van der Waals surface area contributed by atoms with Crippen LogP contribution >= 0.6 is 0 Å². The topological polar surface area (TPSA) is 30.5 Å². The van der Waals surface area contributed by atoms with Gasteiger partial charge in [0.15, 0.2) is 0 Å². The molecule has 14 heavy (non-hydrogen) atoms. The SMILES string of the molecule is CCOCCCOCC1CCNCC1. The zero-order chi connectivity index (χ0) is 10.1. The molecule has 3 nitrogen and oxygen atoms in total. The van der Waals surface area contributed by atoms with Gasteiger partial charge in [-0.1, -0.05) is 0 Å². The Labute approximate surface area is 87.2 Å². The van der Waals surface area contributed by atoms with Gasteiger partial charge in [-0.3, -0.25) is 0 Å². The highest BCUT2D eigenvalue weighted by atomic mass is 16.5. The van der Waals surface area contributed by atoms with Crippen molar-refractivity contribution >= 4 is 0 Å². The molecule has 1 aliphatic rings. The van der Waals surface area contributed by atoms with Crippen molar-refractivity contribution in [2.24, 2.45) is 5.92 Å². The average Bonchev–Trinajstić information content (AvgIpc) is 2.25. The molecule has 0 atom stereocenters. The van der Waals surface area contributed by atoms with E-state index in [4.69, 9.17) is 9.47 Å². The summed E-state index contributed by atoms with van der Waals surface area (Å²) in [6, 6.07) is 0. The number of ether oxygens (including phenoxy) is 2. The summed E-state index contributed by atoms with van der Waals surface area (Å²) in [6.07, 6.45) is 3.57. The van der Waals surface area contributed by atoms with Crippen LogP contribution in [0.25, 0.3) is 0 Å². The minimum absolute atomic E-state index is 0.781. The van der Waals surface area contributed by atoms with Crippen molar-refractivity contribution in [3.63, 3.8) is 0 Å². The van der Waals surface area contributed by atoms with Gasteiger partial charge in [0.05, 0.1) is 0 Å². The molecule has 0 aliphatic carbocycles. The van der Waals surface area contributed by atoms with Crippen molar-refractivity contribution < 1.29 is 9.47 Å². The molecule has 1 saturated heterocycles. The summed E-state index contributed by atoms with van der Waals surface area (Å²) < 4.78 is 10.8. The highest BCUT2D eigenvalue weighted by Crippen LogP contribution is 2.11. The van der Waals surface area contributed by atoms with Crippen LogP contribution in [0.4, 0.5) is 0 Å². The van der Waals surface area contributed by atoms with Crippen LogP contribution in [0.15, 0.2) is 0 Å². The van der Waals surface area contributed by atoms with Crippen LogP contribution in [0, 0.1) is 5.92 Å². The van der Waals surface area contributed by atoms with Gasteiger partial charge < -0.3 is 14.8 Å². The second-order valence-corrected chi connectivity index (χ2v) is 3.82. The van der Waals surface area contributed by atoms with Gasteiger partial charge in [0.1, 0.15) is 0 Å². The van der Waals surface area contributed by atoms with Crippen molar-refractivity contribution in [3.8, 4) is 0 Å². The van der Waals surface area contributed by atoms with Gasteiger partial charge in [-0.15, -0.1) is 0 Å². The van der Waals surface area contributed by atoms with Gasteiger partial charge in [-0.05, 0) is 45.2 Å². The van der Waals surface area contributed by atoms with Crippen molar-refractivity contribution in [1.29, 1.82) is 0 Å². The predicted octanol–water partition coefficient (Wildman–Crippen LogP) is 1.43. The zero-order valence-corrected chi connectivity index (χ0v) is 9.26. The molecule has 1 fully saturated rings. The van der Waals surface area contributed by atoms with Gasteiger partial charge in [-0.25, -0.2) is 0 Å². The van der Waals surface area contributed by atoms with E-state index in [1.807, 2.05) is 6.92 Å². The second kappa shape index (κ2) is 8.21. The summed E-state index contributed by atoms with van der Waals surface area (Å²) in [6.45, 7) is 7.78. The molecule has 0 bridgehead atoms. The Balaban J connectivity index is 1.82. The van der Waals surface area contributed by atoms with Crippen LogP contribution in [-0.4, -0.2) is 39.5 Å². The van der Waals surface area contributed by atoms with Gasteiger partial charge in [-0.2, -0.15) is 0 Å². The fourth-order valence-electron chi connectivity index (χ4n) is 1.71. The van der Waals surface area contributed by atoms with Crippen molar-refractivity contribution in [2.45, 2.75) is 26.2 Å². The molecular weight excluding hydrogens is 178 g/mol. The Morgan fingerprint density at radius 2 is 1.86 bits per heavy atom. The minimum Gasteiger partial charge on any atom is -0.382 e. The Morgan fingerprint density at radius 1 is 1.14 bits per heavy atom. The summed E-state index contributed by atoms with van der Waals surface area (Å²) in [5.74, 6) is 0.781. The fraction of sp³-hybridized carbons (Fsp3) is 1.00. The van der Waals surface area contributed by atoms with E-state index in [1.54, 1.807) is 0 Å². The van der Waals surface area contributed by atoms with E-state index in [9.17, 15) is 0 Å². The molecule has 0 saturated carbocycles. The summed E-state index contributed by atoms with van der Waals surface area (Å²) in [5, 5.41) is 3.36. The average molecular weight is 201 g/mol. The van der Waals surface area contributed by atoms with Crippen LogP contribution in [0.1, 0.15) is 26.2 Å². The van der Waals surface area contributed by atoms with Crippen molar-refractivity contribution in [1.82, 2.24) is 5.32 Å². The first kappa shape index (κ1) is 12.0. The first-order valence-corrected chi connectivity index (χ1v) is 5.79. The van der Waals surface area contributed by atoms with E-state index in [0.29, 0.717) is 0 Å². The van der Waals surface area contributed by atoms with Crippen LogP contribution in [-0.2, 0) is 9.47 Å². The molecule has 1 N–H and O–H groups in total. The number of nitrogens with one attached hydrogen (secondary N) is 1. The largest absolute Gasteiger partial charge is 0.382 e. The lowest BCUT2D eigenvalue weighted by Crippen LogP contribution is -2.30. The standard InChI is InChI=1S/C11H23NO2/c1-2-13-8-3-9-14-10-11-4-6-12-7-5-11/h11-12H,2-10H2,1H3. The number of hydrogen-bond donors (Lipinski definition) is 1. The van der Waals surface area contributed by atoms with E-state index >= 15 is 0 Å². The Bertz CT molecular complexity index is 124. The fourth-order valence-corrected chi connectivity index (χ4v) is 1.71. The minimum atomic E-state index is 0.781. The molecular formula is C11H23NO2. The van der Waals surface area contributed by atoms with E-state index < -0.39 is 0 Å². The summed E-state index contributed by atoms with van der Waals surface area (Å²) in [4.78, 5) is 0.